The summed E-state index contributed by atoms with van der Waals surface area (Å²) >= 11 is 0.143. The van der Waals surface area contributed by atoms with Crippen molar-refractivity contribution < 1.29 is 27.0 Å². The first-order chi connectivity index (χ1) is 17.1. The van der Waals surface area contributed by atoms with Gasteiger partial charge in [0.25, 0.3) is 0 Å². The van der Waals surface area contributed by atoms with Crippen molar-refractivity contribution in [3.8, 4) is 11.5 Å². The summed E-state index contributed by atoms with van der Waals surface area (Å²) in [5, 5.41) is 0. The number of hydrogen-bond acceptors (Lipinski definition) is 6. The SMILES string of the molecule is CCC(/C=C1\Oc2ccc(C)cc2N1CCCS(=O)(=O)[O-])=C\c1[se]c2cc(OC)c(C)cc2[n+]1CC. The monoisotopic (exact) mass is 576 g/mol. The molecule has 0 bridgehead atoms. The molecule has 36 heavy (non-hydrogen) atoms. The van der Waals surface area contributed by atoms with Crippen LogP contribution in [0.25, 0.3) is 15.9 Å². The maximum absolute atomic E-state index is 11.2. The Bertz CT molecular complexity index is 1460. The van der Waals surface area contributed by atoms with E-state index >= 15 is 0 Å². The van der Waals surface area contributed by atoms with E-state index in [-0.39, 0.29) is 20.9 Å². The third-order valence-electron chi connectivity index (χ3n) is 6.25. The van der Waals surface area contributed by atoms with Gasteiger partial charge in [-0.15, -0.1) is 0 Å². The van der Waals surface area contributed by atoms with Crippen LogP contribution in [0.4, 0.5) is 5.69 Å². The van der Waals surface area contributed by atoms with E-state index in [4.69, 9.17) is 9.47 Å². The Labute approximate surface area is 219 Å². The van der Waals surface area contributed by atoms with Crippen molar-refractivity contribution in [1.29, 1.82) is 0 Å². The number of rotatable bonds is 9. The van der Waals surface area contributed by atoms with Gasteiger partial charge in [-0.25, -0.2) is 0 Å². The first-order valence-electron chi connectivity index (χ1n) is 12.1. The predicted molar refractivity (Wildman–Crippen MR) is 143 cm³/mol. The van der Waals surface area contributed by atoms with Crippen molar-refractivity contribution in [3.05, 3.63) is 63.6 Å². The van der Waals surface area contributed by atoms with Crippen LogP contribution in [-0.4, -0.2) is 46.9 Å². The Hall–Kier alpha value is -2.58. The number of allylic oxidation sites excluding steroid dienone is 2. The second-order valence-electron chi connectivity index (χ2n) is 8.87. The molecule has 0 saturated carbocycles. The average Bonchev–Trinajstić information content (AvgIpc) is 3.33. The Morgan fingerprint density at radius 2 is 2.00 bits per heavy atom. The first-order valence-corrected chi connectivity index (χ1v) is 15.4. The van der Waals surface area contributed by atoms with Crippen molar-refractivity contribution >= 4 is 46.2 Å². The van der Waals surface area contributed by atoms with Crippen molar-refractivity contribution in [2.24, 2.45) is 0 Å². The molecular weight excluding hydrogens is 543 g/mol. The molecule has 4 rings (SSSR count). The van der Waals surface area contributed by atoms with Gasteiger partial charge in [-0.3, -0.25) is 0 Å². The van der Waals surface area contributed by atoms with E-state index in [0.29, 0.717) is 12.4 Å². The molecule has 9 heteroatoms. The molecule has 0 unspecified atom stereocenters. The fourth-order valence-corrected chi connectivity index (χ4v) is 7.43. The molecule has 2 heterocycles. The summed E-state index contributed by atoms with van der Waals surface area (Å²) in [6.45, 7) is 9.60. The fourth-order valence-electron chi connectivity index (χ4n) is 4.40. The maximum atomic E-state index is 11.2. The van der Waals surface area contributed by atoms with Crippen LogP contribution in [0, 0.1) is 13.8 Å². The van der Waals surface area contributed by atoms with Crippen LogP contribution in [0.1, 0.15) is 42.4 Å². The van der Waals surface area contributed by atoms with Crippen LogP contribution < -0.4 is 18.9 Å². The molecule has 0 spiro atoms. The second kappa shape index (κ2) is 10.8. The second-order valence-corrected chi connectivity index (χ2v) is 12.6. The van der Waals surface area contributed by atoms with Crippen molar-refractivity contribution in [2.75, 3.05) is 24.3 Å². The molecule has 0 atom stereocenters. The summed E-state index contributed by atoms with van der Waals surface area (Å²) in [6, 6.07) is 10.3. The summed E-state index contributed by atoms with van der Waals surface area (Å²) in [5.74, 6) is 1.89. The van der Waals surface area contributed by atoms with E-state index in [1.165, 1.54) is 14.3 Å². The van der Waals surface area contributed by atoms with Crippen molar-refractivity contribution in [2.45, 2.75) is 47.1 Å². The standard InChI is InChI=1S/C27H32N2O5SSe/c1-6-20(16-27-28(7-2)22-14-19(4)24(33-5)17-25(22)36-27)15-26-29(11-8-12-35(30,31)32)21-13-18(3)9-10-23(21)34-26/h9-10,13-17H,6-8,11-12H2,1-5H3. The molecule has 0 amide bonds. The normalized spacial score (nSPS) is 15.0. The number of fused-ring (bicyclic) bond motifs is 2. The molecule has 1 aromatic heterocycles. The molecule has 0 radical (unpaired) electrons. The number of ether oxygens (including phenoxy) is 2. The zero-order valence-corrected chi connectivity index (χ0v) is 23.9. The van der Waals surface area contributed by atoms with Crippen LogP contribution in [0.3, 0.4) is 0 Å². The van der Waals surface area contributed by atoms with Crippen molar-refractivity contribution in [1.82, 2.24) is 0 Å². The number of hydrogen-bond donors (Lipinski definition) is 0. The summed E-state index contributed by atoms with van der Waals surface area (Å²) in [4.78, 5) is 1.97. The van der Waals surface area contributed by atoms with Crippen LogP contribution in [0.15, 0.2) is 47.9 Å². The molecule has 1 aliphatic rings. The van der Waals surface area contributed by atoms with Gasteiger partial charge in [0.1, 0.15) is 0 Å². The minimum absolute atomic E-state index is 0.143. The molecule has 0 N–H and O–H groups in total. The van der Waals surface area contributed by atoms with Gasteiger partial charge in [0, 0.05) is 0 Å². The Morgan fingerprint density at radius 1 is 1.22 bits per heavy atom. The molecule has 2 aromatic carbocycles. The number of benzene rings is 2. The zero-order valence-electron chi connectivity index (χ0n) is 21.3. The van der Waals surface area contributed by atoms with Crippen LogP contribution in [0.2, 0.25) is 0 Å². The summed E-state index contributed by atoms with van der Waals surface area (Å²) in [6.07, 6.45) is 5.31. The Kier molecular flexibility index (Phi) is 7.95. The van der Waals surface area contributed by atoms with Gasteiger partial charge in [-0.1, -0.05) is 0 Å². The first kappa shape index (κ1) is 26.5. The van der Waals surface area contributed by atoms with E-state index in [0.717, 1.165) is 46.9 Å². The molecule has 3 aromatic rings. The van der Waals surface area contributed by atoms with E-state index in [1.807, 2.05) is 36.1 Å². The van der Waals surface area contributed by atoms with E-state index in [2.05, 4.69) is 43.5 Å². The molecule has 0 saturated heterocycles. The van der Waals surface area contributed by atoms with Crippen molar-refractivity contribution in [3.63, 3.8) is 0 Å². The topological polar surface area (TPSA) is 82.8 Å². The van der Waals surface area contributed by atoms with E-state index < -0.39 is 15.9 Å². The molecule has 1 aliphatic heterocycles. The molecule has 192 valence electrons. The fraction of sp³-hybridized carbons (Fsp3) is 0.370. The van der Waals surface area contributed by atoms with E-state index in [9.17, 15) is 13.0 Å². The van der Waals surface area contributed by atoms with Gasteiger partial charge in [-0.2, -0.15) is 0 Å². The predicted octanol–water partition coefficient (Wildman–Crippen LogP) is 4.30. The van der Waals surface area contributed by atoms with Gasteiger partial charge in [0.2, 0.25) is 0 Å². The van der Waals surface area contributed by atoms with Crippen LogP contribution >= 0.6 is 0 Å². The number of nitrogens with zero attached hydrogens (tertiary/aromatic N) is 2. The summed E-state index contributed by atoms with van der Waals surface area (Å²) < 4.78 is 50.2. The number of anilines is 1. The molecule has 0 fully saturated rings. The Morgan fingerprint density at radius 3 is 2.67 bits per heavy atom. The van der Waals surface area contributed by atoms with E-state index in [1.54, 1.807) is 7.11 Å². The zero-order chi connectivity index (χ0) is 26.0. The van der Waals surface area contributed by atoms with Gasteiger partial charge in [-0.05, 0) is 0 Å². The third kappa shape index (κ3) is 5.70. The third-order valence-corrected chi connectivity index (χ3v) is 9.34. The molecular formula is C27H32N2O5SSe. The summed E-state index contributed by atoms with van der Waals surface area (Å²) in [7, 11) is -2.56. The van der Waals surface area contributed by atoms with Gasteiger partial charge < -0.3 is 0 Å². The van der Waals surface area contributed by atoms with Crippen LogP contribution in [-0.2, 0) is 16.7 Å². The van der Waals surface area contributed by atoms with Gasteiger partial charge >= 0.3 is 220 Å². The number of aromatic nitrogens is 1. The molecule has 7 nitrogen and oxygen atoms in total. The number of aryl methyl sites for hydroxylation is 3. The average molecular weight is 576 g/mol. The Balaban J connectivity index is 1.72. The van der Waals surface area contributed by atoms with Crippen LogP contribution in [0.5, 0.6) is 11.5 Å². The number of methoxy groups -OCH3 is 1. The minimum atomic E-state index is -4.27. The quantitative estimate of drug-likeness (QED) is 0.215. The van der Waals surface area contributed by atoms with Gasteiger partial charge in [0.05, 0.1) is 0 Å². The molecule has 0 aliphatic carbocycles. The summed E-state index contributed by atoms with van der Waals surface area (Å²) in [5.41, 5.74) is 5.45. The van der Waals surface area contributed by atoms with Gasteiger partial charge in [0.15, 0.2) is 0 Å².